The summed E-state index contributed by atoms with van der Waals surface area (Å²) in [5.74, 6) is -0.498. The van der Waals surface area contributed by atoms with Crippen LogP contribution in [-0.4, -0.2) is 27.9 Å². The fraction of sp³-hybridized carbons (Fsp3) is 0.310. The van der Waals surface area contributed by atoms with E-state index in [1.807, 2.05) is 91.0 Å². The summed E-state index contributed by atoms with van der Waals surface area (Å²) < 4.78 is 11.6. The van der Waals surface area contributed by atoms with Crippen molar-refractivity contribution in [3.05, 3.63) is 108 Å². The zero-order valence-electron chi connectivity index (χ0n) is 19.2. The molecule has 5 nitrogen and oxygen atoms in total. The number of hydrogen-bond donors (Lipinski definition) is 0. The van der Waals surface area contributed by atoms with E-state index in [0.29, 0.717) is 6.42 Å². The molecule has 3 fully saturated rings. The van der Waals surface area contributed by atoms with Crippen molar-refractivity contribution in [1.82, 2.24) is 4.90 Å². The number of hydrogen-bond acceptors (Lipinski definition) is 4. The van der Waals surface area contributed by atoms with Crippen molar-refractivity contribution in [3.8, 4) is 0 Å². The molecule has 1 saturated heterocycles. The summed E-state index contributed by atoms with van der Waals surface area (Å²) in [5.41, 5.74) is 1.78. The highest BCUT2D eigenvalue weighted by Crippen LogP contribution is 2.79. The Morgan fingerprint density at radius 2 is 1.51 bits per heavy atom. The van der Waals surface area contributed by atoms with Crippen molar-refractivity contribution in [2.75, 3.05) is 0 Å². The van der Waals surface area contributed by atoms with E-state index < -0.39 is 35.1 Å². The van der Waals surface area contributed by atoms with Gasteiger partial charge in [0.15, 0.2) is 11.5 Å². The van der Waals surface area contributed by atoms with Gasteiger partial charge in [0.1, 0.15) is 12.6 Å². The zero-order valence-corrected chi connectivity index (χ0v) is 19.9. The van der Waals surface area contributed by atoms with E-state index >= 15 is 0 Å². The van der Waals surface area contributed by atoms with Gasteiger partial charge in [-0.05, 0) is 41.4 Å². The normalized spacial score (nSPS) is 26.8. The number of ether oxygens (including phenoxy) is 2. The molecule has 6 heteroatoms. The van der Waals surface area contributed by atoms with E-state index in [4.69, 9.17) is 21.1 Å². The maximum atomic E-state index is 13.5. The molecule has 3 aliphatic rings. The Morgan fingerprint density at radius 3 is 2.09 bits per heavy atom. The van der Waals surface area contributed by atoms with Crippen LogP contribution in [-0.2, 0) is 20.9 Å². The molecule has 178 valence electrons. The van der Waals surface area contributed by atoms with Crippen molar-refractivity contribution in [1.29, 1.82) is 0 Å². The second kappa shape index (κ2) is 8.42. The Morgan fingerprint density at radius 1 is 0.943 bits per heavy atom. The molecule has 4 atom stereocenters. The molecule has 0 N–H and O–H groups in total. The van der Waals surface area contributed by atoms with Crippen molar-refractivity contribution >= 4 is 23.7 Å². The minimum Gasteiger partial charge on any atom is -0.460 e. The third-order valence-electron chi connectivity index (χ3n) is 7.79. The lowest BCUT2D eigenvalue weighted by atomic mass is 9.92. The lowest BCUT2D eigenvalue weighted by Gasteiger charge is -2.36. The predicted octanol–water partition coefficient (Wildman–Crippen LogP) is 6.19. The van der Waals surface area contributed by atoms with Gasteiger partial charge in [0, 0.05) is 0 Å². The number of cyclic esters (lactones) is 1. The summed E-state index contributed by atoms with van der Waals surface area (Å²) in [6, 6.07) is 28.7. The first-order valence-corrected chi connectivity index (χ1v) is 12.4. The standard InChI is InChI=1S/C29H26ClNO4/c30-25(26(32)34-18-20-10-4-1-5-11-20)29(19-28(29)16-17-28)31-23(21-12-6-2-7-13-21)24(35-27(31)33)22-14-8-3-9-15-22/h1-15,23-25H,16-19H2/t23-,24+,25+,29+/m1/s1. The summed E-state index contributed by atoms with van der Waals surface area (Å²) >= 11 is 6.94. The van der Waals surface area contributed by atoms with Crippen molar-refractivity contribution in [2.45, 2.75) is 48.9 Å². The number of nitrogens with zero attached hydrogens (tertiary/aromatic N) is 1. The van der Waals surface area contributed by atoms with E-state index in [1.54, 1.807) is 4.90 Å². The smallest absolute Gasteiger partial charge is 0.411 e. The lowest BCUT2D eigenvalue weighted by molar-refractivity contribution is -0.146. The Hall–Kier alpha value is -3.31. The van der Waals surface area contributed by atoms with Crippen LogP contribution in [0.1, 0.15) is 48.1 Å². The van der Waals surface area contributed by atoms with E-state index in [9.17, 15) is 9.59 Å². The Kier molecular flexibility index (Phi) is 5.33. The second-order valence-electron chi connectivity index (χ2n) is 9.78. The largest absolute Gasteiger partial charge is 0.460 e. The molecule has 1 aliphatic heterocycles. The highest BCUT2D eigenvalue weighted by Gasteiger charge is 2.83. The predicted molar refractivity (Wildman–Crippen MR) is 132 cm³/mol. The van der Waals surface area contributed by atoms with Crippen molar-refractivity contribution in [3.63, 3.8) is 0 Å². The molecule has 35 heavy (non-hydrogen) atoms. The highest BCUT2D eigenvalue weighted by atomic mass is 35.5. The Balaban J connectivity index is 1.35. The molecular weight excluding hydrogens is 462 g/mol. The van der Waals surface area contributed by atoms with Gasteiger partial charge in [0.05, 0.1) is 5.54 Å². The fourth-order valence-electron chi connectivity index (χ4n) is 5.81. The number of amides is 1. The van der Waals surface area contributed by atoms with Crippen molar-refractivity contribution < 1.29 is 19.1 Å². The average molecular weight is 488 g/mol. The number of benzene rings is 3. The minimum absolute atomic E-state index is 0.144. The molecule has 6 rings (SSSR count). The van der Waals surface area contributed by atoms with Crippen molar-refractivity contribution in [2.24, 2.45) is 5.41 Å². The molecule has 0 bridgehead atoms. The van der Waals surface area contributed by atoms with Gasteiger partial charge >= 0.3 is 12.1 Å². The first-order chi connectivity index (χ1) is 17.1. The number of alkyl halides is 1. The molecule has 3 aromatic rings. The van der Waals surface area contributed by atoms with Gasteiger partial charge in [0.25, 0.3) is 0 Å². The van der Waals surface area contributed by atoms with Crippen LogP contribution in [0.2, 0.25) is 0 Å². The molecule has 3 aromatic carbocycles. The van der Waals surface area contributed by atoms with Gasteiger partial charge in [0.2, 0.25) is 0 Å². The average Bonchev–Trinajstić information content (AvgIpc) is 3.80. The molecule has 1 spiro atoms. The minimum atomic E-state index is -0.984. The van der Waals surface area contributed by atoms with Gasteiger partial charge in [-0.25, -0.2) is 4.79 Å². The number of carbonyl (C=O) groups is 2. The van der Waals surface area contributed by atoms with Crippen LogP contribution in [0.15, 0.2) is 91.0 Å². The van der Waals surface area contributed by atoms with E-state index in [-0.39, 0.29) is 12.0 Å². The van der Waals surface area contributed by atoms with Crippen LogP contribution < -0.4 is 0 Å². The molecular formula is C29H26ClNO4. The van der Waals surface area contributed by atoms with E-state index in [0.717, 1.165) is 29.5 Å². The maximum Gasteiger partial charge on any atom is 0.411 e. The molecule has 1 amide bonds. The SMILES string of the molecule is O=C(OCc1ccccc1)[C@H](Cl)[C@@]1(N2C(=O)O[C@@H](c3ccccc3)[C@H]2c2ccccc2)CC12CC2. The van der Waals surface area contributed by atoms with Crippen LogP contribution in [0.3, 0.4) is 0 Å². The van der Waals surface area contributed by atoms with Gasteiger partial charge in [-0.15, -0.1) is 11.6 Å². The monoisotopic (exact) mass is 487 g/mol. The van der Waals surface area contributed by atoms with Gasteiger partial charge in [-0.1, -0.05) is 91.0 Å². The van der Waals surface area contributed by atoms with Gasteiger partial charge in [-0.2, -0.15) is 0 Å². The quantitative estimate of drug-likeness (QED) is 0.294. The number of esters is 1. The summed E-state index contributed by atoms with van der Waals surface area (Å²) in [5, 5.41) is -0.984. The maximum absolute atomic E-state index is 13.5. The third kappa shape index (κ3) is 3.61. The van der Waals surface area contributed by atoms with Gasteiger partial charge < -0.3 is 9.47 Å². The lowest BCUT2D eigenvalue weighted by Crippen LogP contribution is -2.51. The first-order valence-electron chi connectivity index (χ1n) is 12.0. The topological polar surface area (TPSA) is 55.8 Å². The number of rotatable bonds is 7. The van der Waals surface area contributed by atoms with Crippen LogP contribution in [0, 0.1) is 5.41 Å². The number of halogens is 1. The summed E-state index contributed by atoms with van der Waals surface area (Å²) in [7, 11) is 0. The van der Waals surface area contributed by atoms with Crippen LogP contribution >= 0.6 is 11.6 Å². The summed E-state index contributed by atoms with van der Waals surface area (Å²) in [6.07, 6.45) is 1.61. The number of carbonyl (C=O) groups excluding carboxylic acids is 2. The van der Waals surface area contributed by atoms with Crippen LogP contribution in [0.25, 0.3) is 0 Å². The summed E-state index contributed by atoms with van der Waals surface area (Å²) in [4.78, 5) is 28.6. The fourth-order valence-corrected chi connectivity index (χ4v) is 6.28. The molecule has 2 saturated carbocycles. The summed E-state index contributed by atoms with van der Waals surface area (Å²) in [6.45, 7) is 0.144. The van der Waals surface area contributed by atoms with E-state index in [1.165, 1.54) is 0 Å². The van der Waals surface area contributed by atoms with Crippen LogP contribution in [0.4, 0.5) is 4.79 Å². The molecule has 0 aromatic heterocycles. The molecule has 0 radical (unpaired) electrons. The first kappa shape index (κ1) is 22.2. The molecule has 0 unspecified atom stereocenters. The van der Waals surface area contributed by atoms with Gasteiger partial charge in [-0.3, -0.25) is 9.69 Å². The Labute approximate surface area is 209 Å². The highest BCUT2D eigenvalue weighted by molar-refractivity contribution is 6.31. The third-order valence-corrected chi connectivity index (χ3v) is 8.33. The van der Waals surface area contributed by atoms with E-state index in [2.05, 4.69) is 0 Å². The molecule has 2 aliphatic carbocycles. The Bertz CT molecular complexity index is 1230. The second-order valence-corrected chi connectivity index (χ2v) is 10.2. The van der Waals surface area contributed by atoms with Crippen LogP contribution in [0.5, 0.6) is 0 Å². The zero-order chi connectivity index (χ0) is 24.0. The molecule has 1 heterocycles.